The van der Waals surface area contributed by atoms with Crippen LogP contribution in [0.2, 0.25) is 5.02 Å². The average Bonchev–Trinajstić information content (AvgIpc) is 3.30. The molecular weight excluding hydrogens is 416 g/mol. The molecule has 1 aromatic heterocycles. The number of aromatic nitrogens is 1. The molecule has 0 saturated heterocycles. The second kappa shape index (κ2) is 8.38. The molecule has 1 aliphatic heterocycles. The molecule has 0 bridgehead atoms. The highest BCUT2D eigenvalue weighted by Gasteiger charge is 2.15. The van der Waals surface area contributed by atoms with Gasteiger partial charge in [-0.25, -0.2) is 9.78 Å². The number of hydrogen-bond acceptors (Lipinski definition) is 6. The lowest BCUT2D eigenvalue weighted by molar-refractivity contribution is -0.115. The predicted molar refractivity (Wildman–Crippen MR) is 111 cm³/mol. The van der Waals surface area contributed by atoms with Crippen LogP contribution in [0, 0.1) is 0 Å². The normalized spacial score (nSPS) is 11.8. The van der Waals surface area contributed by atoms with E-state index in [1.54, 1.807) is 47.8 Å². The summed E-state index contributed by atoms with van der Waals surface area (Å²) < 4.78 is 10.5. The Kier molecular flexibility index (Phi) is 5.50. The van der Waals surface area contributed by atoms with Crippen LogP contribution >= 0.6 is 22.9 Å². The Morgan fingerprint density at radius 3 is 2.72 bits per heavy atom. The van der Waals surface area contributed by atoms with Gasteiger partial charge in [-0.15, -0.1) is 11.3 Å². The Balaban J connectivity index is 1.30. The van der Waals surface area contributed by atoms with Crippen LogP contribution in [-0.4, -0.2) is 23.7 Å². The maximum absolute atomic E-state index is 12.3. The monoisotopic (exact) mass is 430 g/mol. The summed E-state index contributed by atoms with van der Waals surface area (Å²) in [5, 5.41) is 10.7. The Morgan fingerprint density at radius 2 is 1.86 bits per heavy atom. The highest BCUT2D eigenvalue weighted by atomic mass is 35.5. The van der Waals surface area contributed by atoms with Gasteiger partial charge in [-0.05, 0) is 30.3 Å². The molecule has 1 aliphatic rings. The van der Waals surface area contributed by atoms with E-state index in [-0.39, 0.29) is 19.1 Å². The van der Waals surface area contributed by atoms with E-state index < -0.39 is 6.03 Å². The second-order valence-electron chi connectivity index (χ2n) is 6.03. The van der Waals surface area contributed by atoms with Crippen LogP contribution < -0.4 is 25.4 Å². The SMILES string of the molecule is O=C(Cc1csc(NC(=O)Nc2cccc(Cl)c2)n1)Nc1ccc2c(c1)OCO2. The molecule has 0 aliphatic carbocycles. The van der Waals surface area contributed by atoms with Crippen molar-refractivity contribution in [2.75, 3.05) is 22.7 Å². The van der Waals surface area contributed by atoms with Gasteiger partial charge in [-0.1, -0.05) is 17.7 Å². The summed E-state index contributed by atoms with van der Waals surface area (Å²) in [6, 6.07) is 11.5. The van der Waals surface area contributed by atoms with Crippen molar-refractivity contribution in [1.29, 1.82) is 0 Å². The maximum Gasteiger partial charge on any atom is 0.325 e. The molecule has 0 spiro atoms. The van der Waals surface area contributed by atoms with Crippen molar-refractivity contribution in [1.82, 2.24) is 4.98 Å². The molecule has 3 amide bonds. The van der Waals surface area contributed by atoms with Crippen LogP contribution in [-0.2, 0) is 11.2 Å². The number of halogens is 1. The van der Waals surface area contributed by atoms with Gasteiger partial charge in [-0.3, -0.25) is 10.1 Å². The van der Waals surface area contributed by atoms with Crippen LogP contribution in [0.5, 0.6) is 11.5 Å². The van der Waals surface area contributed by atoms with E-state index in [2.05, 4.69) is 20.9 Å². The molecular formula is C19H15ClN4O4S. The highest BCUT2D eigenvalue weighted by molar-refractivity contribution is 7.14. The zero-order chi connectivity index (χ0) is 20.2. The van der Waals surface area contributed by atoms with Gasteiger partial charge in [0.1, 0.15) is 0 Å². The van der Waals surface area contributed by atoms with Gasteiger partial charge in [0, 0.05) is 27.8 Å². The predicted octanol–water partition coefficient (Wildman–Crippen LogP) is 4.35. The quantitative estimate of drug-likeness (QED) is 0.558. The minimum atomic E-state index is -0.446. The molecule has 10 heteroatoms. The maximum atomic E-state index is 12.3. The van der Waals surface area contributed by atoms with E-state index in [9.17, 15) is 9.59 Å². The molecule has 2 heterocycles. The number of urea groups is 1. The molecule has 0 fully saturated rings. The summed E-state index contributed by atoms with van der Waals surface area (Å²) in [5.41, 5.74) is 1.72. The second-order valence-corrected chi connectivity index (χ2v) is 7.32. The van der Waals surface area contributed by atoms with Crippen molar-refractivity contribution in [3.05, 3.63) is 58.6 Å². The first-order chi connectivity index (χ1) is 14.0. The fraction of sp³-hybridized carbons (Fsp3) is 0.105. The summed E-state index contributed by atoms with van der Waals surface area (Å²) in [7, 11) is 0. The largest absolute Gasteiger partial charge is 0.454 e. The van der Waals surface area contributed by atoms with Gasteiger partial charge in [0.2, 0.25) is 12.7 Å². The molecule has 2 aromatic carbocycles. The number of nitrogens with zero attached hydrogens (tertiary/aromatic N) is 1. The first-order valence-electron chi connectivity index (χ1n) is 8.53. The average molecular weight is 431 g/mol. The number of nitrogens with one attached hydrogen (secondary N) is 3. The summed E-state index contributed by atoms with van der Waals surface area (Å²) >= 11 is 7.12. The summed E-state index contributed by atoms with van der Waals surface area (Å²) in [6.07, 6.45) is 0.0720. The lowest BCUT2D eigenvalue weighted by atomic mass is 10.2. The summed E-state index contributed by atoms with van der Waals surface area (Å²) in [5.74, 6) is 1.01. The molecule has 3 aromatic rings. The minimum Gasteiger partial charge on any atom is -0.454 e. The number of carbonyl (C=O) groups excluding carboxylic acids is 2. The first kappa shape index (κ1) is 19.0. The highest BCUT2D eigenvalue weighted by Crippen LogP contribution is 2.34. The zero-order valence-electron chi connectivity index (χ0n) is 14.9. The minimum absolute atomic E-state index is 0.0720. The first-order valence-corrected chi connectivity index (χ1v) is 9.78. The van der Waals surface area contributed by atoms with Crippen molar-refractivity contribution in [2.45, 2.75) is 6.42 Å². The van der Waals surface area contributed by atoms with Crippen LogP contribution in [0.4, 0.5) is 21.3 Å². The van der Waals surface area contributed by atoms with Crippen molar-refractivity contribution >= 4 is 51.4 Å². The fourth-order valence-corrected chi connectivity index (χ4v) is 3.51. The number of hydrogen-bond donors (Lipinski definition) is 3. The molecule has 0 saturated carbocycles. The Morgan fingerprint density at radius 1 is 1.03 bits per heavy atom. The number of anilines is 3. The number of amides is 3. The standard InChI is InChI=1S/C19H15ClN4O4S/c20-11-2-1-3-12(6-11)22-18(26)24-19-23-14(9-29-19)8-17(25)21-13-4-5-15-16(7-13)28-10-27-15/h1-7,9H,8,10H2,(H,21,25)(H2,22,23,24,26). The summed E-state index contributed by atoms with van der Waals surface area (Å²) in [4.78, 5) is 28.6. The van der Waals surface area contributed by atoms with Gasteiger partial charge < -0.3 is 20.1 Å². The van der Waals surface area contributed by atoms with E-state index in [1.165, 1.54) is 11.3 Å². The number of benzene rings is 2. The van der Waals surface area contributed by atoms with Gasteiger partial charge in [0.25, 0.3) is 0 Å². The molecule has 0 atom stereocenters. The van der Waals surface area contributed by atoms with E-state index in [1.807, 2.05) is 0 Å². The van der Waals surface area contributed by atoms with E-state index >= 15 is 0 Å². The molecule has 4 rings (SSSR count). The van der Waals surface area contributed by atoms with Gasteiger partial charge in [-0.2, -0.15) is 0 Å². The lowest BCUT2D eigenvalue weighted by Gasteiger charge is -2.06. The van der Waals surface area contributed by atoms with Crippen LogP contribution in [0.15, 0.2) is 47.8 Å². The number of ether oxygens (including phenoxy) is 2. The van der Waals surface area contributed by atoms with Crippen molar-refractivity contribution in [3.63, 3.8) is 0 Å². The van der Waals surface area contributed by atoms with Crippen LogP contribution in [0.25, 0.3) is 0 Å². The van der Waals surface area contributed by atoms with Crippen LogP contribution in [0.3, 0.4) is 0 Å². The molecule has 148 valence electrons. The topological polar surface area (TPSA) is 102 Å². The van der Waals surface area contributed by atoms with Crippen molar-refractivity contribution < 1.29 is 19.1 Å². The number of carbonyl (C=O) groups is 2. The summed E-state index contributed by atoms with van der Waals surface area (Å²) in [6.45, 7) is 0.173. The van der Waals surface area contributed by atoms with E-state index in [0.717, 1.165) is 0 Å². The van der Waals surface area contributed by atoms with Gasteiger partial charge in [0.15, 0.2) is 16.6 Å². The third kappa shape index (κ3) is 4.95. The van der Waals surface area contributed by atoms with E-state index in [0.29, 0.717) is 38.7 Å². The van der Waals surface area contributed by atoms with Crippen molar-refractivity contribution in [2.24, 2.45) is 0 Å². The molecule has 3 N–H and O–H groups in total. The number of rotatable bonds is 5. The Hall–Kier alpha value is -3.30. The number of fused-ring (bicyclic) bond motifs is 1. The zero-order valence-corrected chi connectivity index (χ0v) is 16.5. The number of thiazole rings is 1. The molecule has 29 heavy (non-hydrogen) atoms. The molecule has 8 nitrogen and oxygen atoms in total. The Bertz CT molecular complexity index is 1070. The fourth-order valence-electron chi connectivity index (χ4n) is 2.62. The van der Waals surface area contributed by atoms with Gasteiger partial charge >= 0.3 is 6.03 Å². The Labute approximate surface area is 174 Å². The van der Waals surface area contributed by atoms with E-state index in [4.69, 9.17) is 21.1 Å². The van der Waals surface area contributed by atoms with Crippen molar-refractivity contribution in [3.8, 4) is 11.5 Å². The van der Waals surface area contributed by atoms with Gasteiger partial charge in [0.05, 0.1) is 12.1 Å². The molecule has 0 radical (unpaired) electrons. The smallest absolute Gasteiger partial charge is 0.325 e. The third-order valence-corrected chi connectivity index (χ3v) is 4.89. The lowest BCUT2D eigenvalue weighted by Crippen LogP contribution is -2.19. The molecule has 0 unspecified atom stereocenters. The van der Waals surface area contributed by atoms with Crippen LogP contribution in [0.1, 0.15) is 5.69 Å². The third-order valence-electron chi connectivity index (χ3n) is 3.85.